The van der Waals surface area contributed by atoms with E-state index in [1.54, 1.807) is 21.1 Å². The summed E-state index contributed by atoms with van der Waals surface area (Å²) in [6, 6.07) is 14.7. The van der Waals surface area contributed by atoms with Crippen LogP contribution in [0, 0.1) is 0 Å². The minimum absolute atomic E-state index is 0.392. The van der Waals surface area contributed by atoms with Crippen LogP contribution in [0.2, 0.25) is 0 Å². The fourth-order valence-corrected chi connectivity index (χ4v) is 2.22. The number of methoxy groups -OCH3 is 2. The number of allylic oxidation sites excluding steroid dienone is 1. The van der Waals surface area contributed by atoms with Gasteiger partial charge in [-0.3, -0.25) is 0 Å². The van der Waals surface area contributed by atoms with E-state index in [1.807, 2.05) is 48.5 Å². The van der Waals surface area contributed by atoms with Crippen molar-refractivity contribution in [2.45, 2.75) is 13.0 Å². The maximum Gasteiger partial charge on any atom is 0.333 e. The molecule has 2 aromatic carbocycles. The van der Waals surface area contributed by atoms with Crippen LogP contribution in [0.1, 0.15) is 24.2 Å². The van der Waals surface area contributed by atoms with Crippen LogP contribution in [0.3, 0.4) is 0 Å². The van der Waals surface area contributed by atoms with Gasteiger partial charge >= 0.3 is 5.97 Å². The molecule has 0 heterocycles. The molecule has 24 heavy (non-hydrogen) atoms. The average molecular weight is 327 g/mol. The zero-order valence-corrected chi connectivity index (χ0v) is 14.0. The van der Waals surface area contributed by atoms with Crippen LogP contribution in [0.15, 0.2) is 60.3 Å². The normalized spacial score (nSPS) is 11.2. The van der Waals surface area contributed by atoms with Gasteiger partial charge in [0.15, 0.2) is 6.10 Å². The molecule has 2 rings (SSSR count). The second-order valence-corrected chi connectivity index (χ2v) is 5.25. The molecule has 0 atom stereocenters. The van der Waals surface area contributed by atoms with Gasteiger partial charge in [-0.15, -0.1) is 0 Å². The molecular weight excluding hydrogens is 306 g/mol. The minimum atomic E-state index is -0.551. The van der Waals surface area contributed by atoms with Crippen LogP contribution in [0.25, 0.3) is 0 Å². The first-order chi connectivity index (χ1) is 11.5. The molecule has 0 amide bonds. The Morgan fingerprint density at radius 2 is 1.33 bits per heavy atom. The van der Waals surface area contributed by atoms with Crippen molar-refractivity contribution in [1.82, 2.24) is 0 Å². The molecule has 0 unspecified atom stereocenters. The molecule has 0 aliphatic rings. The summed E-state index contributed by atoms with van der Waals surface area (Å²) in [7, 11) is 3.20. The van der Waals surface area contributed by atoms with Crippen molar-refractivity contribution in [3.63, 3.8) is 0 Å². The predicted molar refractivity (Wildman–Crippen MR) is 91.9 cm³/mol. The van der Waals surface area contributed by atoms with Gasteiger partial charge in [0.25, 0.3) is 0 Å². The Bertz CT molecular complexity index is 654. The highest BCUT2D eigenvalue weighted by molar-refractivity contribution is 5.83. The summed E-state index contributed by atoms with van der Waals surface area (Å²) in [6.07, 6.45) is 0.713. The highest BCUT2D eigenvalue weighted by Crippen LogP contribution is 2.29. The minimum Gasteiger partial charge on any atom is -0.497 e. The van der Waals surface area contributed by atoms with E-state index in [2.05, 4.69) is 0 Å². The molecule has 2 aromatic rings. The average Bonchev–Trinajstić information content (AvgIpc) is 2.59. The lowest BCUT2D eigenvalue weighted by Gasteiger charge is -2.19. The molecular formula is C19H21NO4. The number of hydrogen-bond acceptors (Lipinski definition) is 5. The Labute approximate surface area is 141 Å². The largest absolute Gasteiger partial charge is 0.497 e. The second kappa shape index (κ2) is 8.06. The van der Waals surface area contributed by atoms with Crippen molar-refractivity contribution in [3.05, 3.63) is 71.4 Å². The fourth-order valence-electron chi connectivity index (χ4n) is 2.22. The molecule has 0 saturated heterocycles. The number of carbonyl (C=O) groups excluding carboxylic acids is 1. The summed E-state index contributed by atoms with van der Waals surface area (Å²) in [4.78, 5) is 12.0. The topological polar surface area (TPSA) is 70.8 Å². The van der Waals surface area contributed by atoms with Crippen molar-refractivity contribution in [2.75, 3.05) is 14.2 Å². The summed E-state index contributed by atoms with van der Waals surface area (Å²) in [5, 5.41) is 0. The number of carbonyl (C=O) groups is 1. The zero-order chi connectivity index (χ0) is 17.5. The summed E-state index contributed by atoms with van der Waals surface area (Å²) in [5.74, 6) is 0.971. The molecule has 0 saturated carbocycles. The van der Waals surface area contributed by atoms with E-state index >= 15 is 0 Å². The number of nitrogens with two attached hydrogens (primary N) is 1. The number of esters is 1. The van der Waals surface area contributed by atoms with Gasteiger partial charge in [0.1, 0.15) is 11.5 Å². The van der Waals surface area contributed by atoms with E-state index in [9.17, 15) is 4.79 Å². The standard InChI is InChI=1S/C19H21NO4/c1-13(20)12-18(21)24-19(14-4-8-16(22-2)9-5-14)15-6-10-17(23-3)11-7-15/h4-12,19H,20H2,1-3H3/b13-12-. The van der Waals surface area contributed by atoms with Gasteiger partial charge in [-0.25, -0.2) is 4.79 Å². The van der Waals surface area contributed by atoms with Gasteiger partial charge in [0.05, 0.1) is 14.2 Å². The third kappa shape index (κ3) is 4.52. The van der Waals surface area contributed by atoms with E-state index in [-0.39, 0.29) is 0 Å². The van der Waals surface area contributed by atoms with Crippen LogP contribution in [-0.2, 0) is 9.53 Å². The third-order valence-electron chi connectivity index (χ3n) is 3.42. The smallest absolute Gasteiger partial charge is 0.333 e. The summed E-state index contributed by atoms with van der Waals surface area (Å²) in [6.45, 7) is 1.64. The Hall–Kier alpha value is -2.95. The molecule has 5 nitrogen and oxygen atoms in total. The number of benzene rings is 2. The molecule has 0 bridgehead atoms. The van der Waals surface area contributed by atoms with Gasteiger partial charge in [-0.05, 0) is 42.3 Å². The predicted octanol–water partition coefficient (Wildman–Crippen LogP) is 3.20. The van der Waals surface area contributed by atoms with E-state index in [1.165, 1.54) is 6.08 Å². The second-order valence-electron chi connectivity index (χ2n) is 5.25. The van der Waals surface area contributed by atoms with Crippen LogP contribution in [0.4, 0.5) is 0 Å². The van der Waals surface area contributed by atoms with Gasteiger partial charge in [0, 0.05) is 11.8 Å². The van der Waals surface area contributed by atoms with E-state index in [0.29, 0.717) is 5.70 Å². The molecule has 0 aromatic heterocycles. The van der Waals surface area contributed by atoms with Crippen LogP contribution in [-0.4, -0.2) is 20.2 Å². The molecule has 0 fully saturated rings. The maximum atomic E-state index is 12.0. The van der Waals surface area contributed by atoms with E-state index in [4.69, 9.17) is 19.9 Å². The van der Waals surface area contributed by atoms with Crippen molar-refractivity contribution < 1.29 is 19.0 Å². The summed E-state index contributed by atoms with van der Waals surface area (Å²) >= 11 is 0. The Balaban J connectivity index is 2.35. The van der Waals surface area contributed by atoms with E-state index in [0.717, 1.165) is 22.6 Å². The summed E-state index contributed by atoms with van der Waals surface area (Å²) < 4.78 is 15.9. The maximum absolute atomic E-state index is 12.0. The first-order valence-electron chi connectivity index (χ1n) is 7.45. The van der Waals surface area contributed by atoms with Crippen LogP contribution in [0.5, 0.6) is 11.5 Å². The molecule has 0 aliphatic carbocycles. The highest BCUT2D eigenvalue weighted by atomic mass is 16.5. The number of hydrogen-bond donors (Lipinski definition) is 1. The van der Waals surface area contributed by atoms with Crippen LogP contribution >= 0.6 is 0 Å². The first kappa shape index (κ1) is 17.4. The lowest BCUT2D eigenvalue weighted by Crippen LogP contribution is -2.12. The first-order valence-corrected chi connectivity index (χ1v) is 7.45. The molecule has 5 heteroatoms. The molecule has 2 N–H and O–H groups in total. The number of rotatable bonds is 6. The third-order valence-corrected chi connectivity index (χ3v) is 3.42. The highest BCUT2D eigenvalue weighted by Gasteiger charge is 2.18. The molecule has 0 aliphatic heterocycles. The monoisotopic (exact) mass is 327 g/mol. The van der Waals surface area contributed by atoms with Crippen molar-refractivity contribution >= 4 is 5.97 Å². The van der Waals surface area contributed by atoms with Gasteiger partial charge in [-0.2, -0.15) is 0 Å². The van der Waals surface area contributed by atoms with E-state index < -0.39 is 12.1 Å². The zero-order valence-electron chi connectivity index (χ0n) is 14.0. The molecule has 126 valence electrons. The van der Waals surface area contributed by atoms with Crippen molar-refractivity contribution in [3.8, 4) is 11.5 Å². The van der Waals surface area contributed by atoms with Gasteiger partial charge in [-0.1, -0.05) is 24.3 Å². The number of ether oxygens (including phenoxy) is 3. The SMILES string of the molecule is COc1ccc(C(OC(=O)/C=C(/C)N)c2ccc(OC)cc2)cc1. The van der Waals surface area contributed by atoms with Crippen molar-refractivity contribution in [2.24, 2.45) is 5.73 Å². The Morgan fingerprint density at radius 1 is 0.917 bits per heavy atom. The van der Waals surface area contributed by atoms with Gasteiger partial charge < -0.3 is 19.9 Å². The quantitative estimate of drug-likeness (QED) is 0.652. The van der Waals surface area contributed by atoms with Crippen LogP contribution < -0.4 is 15.2 Å². The Kier molecular flexibility index (Phi) is 5.84. The Morgan fingerprint density at radius 3 is 1.67 bits per heavy atom. The molecule has 0 radical (unpaired) electrons. The van der Waals surface area contributed by atoms with Gasteiger partial charge in [0.2, 0.25) is 0 Å². The fraction of sp³-hybridized carbons (Fsp3) is 0.211. The summed E-state index contributed by atoms with van der Waals surface area (Å²) in [5.41, 5.74) is 7.60. The lowest BCUT2D eigenvalue weighted by atomic mass is 10.0. The lowest BCUT2D eigenvalue weighted by molar-refractivity contribution is -0.141. The molecule has 0 spiro atoms. The van der Waals surface area contributed by atoms with Crippen molar-refractivity contribution in [1.29, 1.82) is 0 Å².